The van der Waals surface area contributed by atoms with E-state index in [9.17, 15) is 14.1 Å². The van der Waals surface area contributed by atoms with Crippen molar-refractivity contribution in [2.45, 2.75) is 32.1 Å². The van der Waals surface area contributed by atoms with Crippen molar-refractivity contribution in [1.29, 1.82) is 0 Å². The molecule has 100 valence electrons. The van der Waals surface area contributed by atoms with Crippen molar-refractivity contribution in [3.8, 4) is 0 Å². The third-order valence-electron chi connectivity index (χ3n) is 2.83. The summed E-state index contributed by atoms with van der Waals surface area (Å²) in [5.41, 5.74) is 0.730. The number of hydrogen-bond acceptors (Lipinski definition) is 2. The Labute approximate surface area is 111 Å². The van der Waals surface area contributed by atoms with Gasteiger partial charge >= 0.3 is 5.97 Å². The normalized spacial score (nSPS) is 14.1. The first-order valence-electron chi connectivity index (χ1n) is 6.28. The van der Waals surface area contributed by atoms with E-state index < -0.39 is 22.7 Å². The van der Waals surface area contributed by atoms with Crippen LogP contribution in [0.1, 0.15) is 37.7 Å². The Morgan fingerprint density at radius 3 is 2.50 bits per heavy atom. The Morgan fingerprint density at radius 2 is 1.94 bits per heavy atom. The van der Waals surface area contributed by atoms with Crippen LogP contribution in [0.15, 0.2) is 30.3 Å². The predicted molar refractivity (Wildman–Crippen MR) is 74.2 cm³/mol. The van der Waals surface area contributed by atoms with Gasteiger partial charge in [-0.05, 0) is 12.0 Å². The molecule has 18 heavy (non-hydrogen) atoms. The van der Waals surface area contributed by atoms with Gasteiger partial charge in [-0.25, -0.2) is 0 Å². The maximum atomic E-state index is 11.9. The van der Waals surface area contributed by atoms with Crippen LogP contribution in [0.3, 0.4) is 0 Å². The lowest BCUT2D eigenvalue weighted by Crippen LogP contribution is -2.20. The smallest absolute Gasteiger partial charge is 0.311 e. The molecule has 1 rings (SSSR count). The molecule has 0 saturated heterocycles. The Morgan fingerprint density at radius 1 is 1.28 bits per heavy atom. The van der Waals surface area contributed by atoms with Crippen LogP contribution < -0.4 is 0 Å². The van der Waals surface area contributed by atoms with E-state index >= 15 is 0 Å². The van der Waals surface area contributed by atoms with E-state index in [1.165, 1.54) is 0 Å². The molecule has 0 aliphatic carbocycles. The first kappa shape index (κ1) is 14.9. The highest BCUT2D eigenvalue weighted by Gasteiger charge is 2.21. The molecule has 1 N–H and O–H groups in total. The molecule has 0 spiro atoms. The molecule has 0 heterocycles. The molecular weight excluding hydrogens is 248 g/mol. The summed E-state index contributed by atoms with van der Waals surface area (Å²) in [4.78, 5) is 11.2. The monoisotopic (exact) mass is 268 g/mol. The first-order chi connectivity index (χ1) is 8.65. The van der Waals surface area contributed by atoms with Gasteiger partial charge in [-0.1, -0.05) is 50.1 Å². The second kappa shape index (κ2) is 8.03. The van der Waals surface area contributed by atoms with Crippen molar-refractivity contribution in [1.82, 2.24) is 0 Å². The van der Waals surface area contributed by atoms with Gasteiger partial charge in [0, 0.05) is 22.3 Å². The van der Waals surface area contributed by atoms with Gasteiger partial charge in [0.25, 0.3) is 0 Å². The zero-order valence-electron chi connectivity index (χ0n) is 10.7. The predicted octanol–water partition coefficient (Wildman–Crippen LogP) is 2.79. The molecule has 0 aromatic heterocycles. The SMILES string of the molecule is CCCCCS(=O)CC(C(=O)O)c1ccccc1. The van der Waals surface area contributed by atoms with E-state index in [2.05, 4.69) is 6.92 Å². The molecule has 2 unspecified atom stereocenters. The molecule has 0 saturated carbocycles. The standard InChI is InChI=1S/C14H20O3S/c1-2-3-7-10-18(17)11-13(14(15)16)12-8-5-4-6-9-12/h4-6,8-9,13H,2-3,7,10-11H2,1H3,(H,15,16). The van der Waals surface area contributed by atoms with Crippen LogP contribution in [0.5, 0.6) is 0 Å². The molecule has 1 aromatic rings. The van der Waals surface area contributed by atoms with E-state index in [4.69, 9.17) is 0 Å². The van der Waals surface area contributed by atoms with E-state index in [1.807, 2.05) is 18.2 Å². The summed E-state index contributed by atoms with van der Waals surface area (Å²) in [5.74, 6) is -0.744. The Balaban J connectivity index is 2.59. The Kier molecular flexibility index (Phi) is 6.65. The number of carboxylic acids is 1. The molecule has 1 aromatic carbocycles. The summed E-state index contributed by atoms with van der Waals surface area (Å²) >= 11 is 0. The highest BCUT2D eigenvalue weighted by molar-refractivity contribution is 7.85. The largest absolute Gasteiger partial charge is 0.481 e. The second-order valence-corrected chi connectivity index (χ2v) is 5.94. The summed E-state index contributed by atoms with van der Waals surface area (Å²) in [6, 6.07) is 9.03. The fraction of sp³-hybridized carbons (Fsp3) is 0.500. The van der Waals surface area contributed by atoms with E-state index in [-0.39, 0.29) is 5.75 Å². The number of hydrogen-bond donors (Lipinski definition) is 1. The molecule has 3 nitrogen and oxygen atoms in total. The molecule has 0 fully saturated rings. The van der Waals surface area contributed by atoms with Gasteiger partial charge in [0.05, 0.1) is 5.92 Å². The second-order valence-electron chi connectivity index (χ2n) is 4.32. The van der Waals surface area contributed by atoms with Crippen molar-refractivity contribution < 1.29 is 14.1 Å². The third kappa shape index (κ3) is 5.00. The number of carboxylic acid groups (broad SMARTS) is 1. The molecule has 0 radical (unpaired) electrons. The van der Waals surface area contributed by atoms with E-state index in [0.717, 1.165) is 24.8 Å². The first-order valence-corrected chi connectivity index (χ1v) is 7.76. The minimum atomic E-state index is -1.05. The molecular formula is C14H20O3S. The van der Waals surface area contributed by atoms with Crippen molar-refractivity contribution in [3.05, 3.63) is 35.9 Å². The lowest BCUT2D eigenvalue weighted by atomic mass is 10.0. The van der Waals surface area contributed by atoms with Gasteiger partial charge in [-0.2, -0.15) is 0 Å². The summed E-state index contributed by atoms with van der Waals surface area (Å²) in [6.45, 7) is 2.09. The molecule has 0 aliphatic rings. The number of rotatable bonds is 8. The summed E-state index contributed by atoms with van der Waals surface area (Å²) < 4.78 is 11.9. The maximum Gasteiger partial charge on any atom is 0.311 e. The Hall–Kier alpha value is -1.16. The van der Waals surface area contributed by atoms with Gasteiger partial charge in [0.15, 0.2) is 0 Å². The summed E-state index contributed by atoms with van der Waals surface area (Å²) in [5, 5.41) is 9.21. The molecule has 0 amide bonds. The fourth-order valence-corrected chi connectivity index (χ4v) is 3.18. The Bertz CT molecular complexity index is 389. The van der Waals surface area contributed by atoms with Gasteiger partial charge < -0.3 is 5.11 Å². The highest BCUT2D eigenvalue weighted by Crippen LogP contribution is 2.17. The fourth-order valence-electron chi connectivity index (χ4n) is 1.78. The molecule has 0 bridgehead atoms. The number of carbonyl (C=O) groups is 1. The van der Waals surface area contributed by atoms with Crippen molar-refractivity contribution in [3.63, 3.8) is 0 Å². The number of unbranched alkanes of at least 4 members (excludes halogenated alkanes) is 2. The average molecular weight is 268 g/mol. The molecule has 2 atom stereocenters. The minimum Gasteiger partial charge on any atom is -0.481 e. The van der Waals surface area contributed by atoms with Gasteiger partial charge in [0.2, 0.25) is 0 Å². The zero-order valence-corrected chi connectivity index (χ0v) is 11.5. The van der Waals surface area contributed by atoms with Crippen LogP contribution in [0.2, 0.25) is 0 Å². The maximum absolute atomic E-state index is 11.9. The molecule has 4 heteroatoms. The summed E-state index contributed by atoms with van der Waals surface area (Å²) in [7, 11) is -1.05. The van der Waals surface area contributed by atoms with E-state index in [0.29, 0.717) is 5.75 Å². The van der Waals surface area contributed by atoms with Gasteiger partial charge in [-0.3, -0.25) is 9.00 Å². The summed E-state index contributed by atoms with van der Waals surface area (Å²) in [6.07, 6.45) is 3.04. The van der Waals surface area contributed by atoms with Crippen LogP contribution in [0.4, 0.5) is 0 Å². The zero-order chi connectivity index (χ0) is 13.4. The van der Waals surface area contributed by atoms with E-state index in [1.54, 1.807) is 12.1 Å². The third-order valence-corrected chi connectivity index (χ3v) is 4.28. The van der Waals surface area contributed by atoms with Crippen molar-refractivity contribution >= 4 is 16.8 Å². The van der Waals surface area contributed by atoms with Gasteiger partial charge in [-0.15, -0.1) is 0 Å². The van der Waals surface area contributed by atoms with Crippen LogP contribution in [0.25, 0.3) is 0 Å². The van der Waals surface area contributed by atoms with Crippen molar-refractivity contribution in [2.75, 3.05) is 11.5 Å². The highest BCUT2D eigenvalue weighted by atomic mass is 32.2. The number of benzene rings is 1. The molecule has 0 aliphatic heterocycles. The van der Waals surface area contributed by atoms with Crippen LogP contribution in [-0.2, 0) is 15.6 Å². The lowest BCUT2D eigenvalue weighted by molar-refractivity contribution is -0.138. The van der Waals surface area contributed by atoms with Crippen LogP contribution >= 0.6 is 0 Å². The van der Waals surface area contributed by atoms with Crippen LogP contribution in [0, 0.1) is 0 Å². The quantitative estimate of drug-likeness (QED) is 0.738. The van der Waals surface area contributed by atoms with Crippen molar-refractivity contribution in [2.24, 2.45) is 0 Å². The minimum absolute atomic E-state index is 0.211. The van der Waals surface area contributed by atoms with Gasteiger partial charge in [0.1, 0.15) is 0 Å². The average Bonchev–Trinajstić information content (AvgIpc) is 2.37. The number of aliphatic carboxylic acids is 1. The van der Waals surface area contributed by atoms with Crippen LogP contribution in [-0.4, -0.2) is 26.8 Å². The lowest BCUT2D eigenvalue weighted by Gasteiger charge is -2.12. The topological polar surface area (TPSA) is 54.4 Å².